The summed E-state index contributed by atoms with van der Waals surface area (Å²) in [5.41, 5.74) is 7.30. The fourth-order valence-corrected chi connectivity index (χ4v) is 3.18. The number of carbonyl (C=O) groups is 2. The molecular formula is C18H28Cl2N4O3. The van der Waals surface area contributed by atoms with E-state index in [-0.39, 0.29) is 36.6 Å². The van der Waals surface area contributed by atoms with Crippen LogP contribution in [0, 0.1) is 0 Å². The standard InChI is InChI=1S/C18H26N4O3.2ClH/c19-13-15-1-3-16(4-2-15)18(24)22-7-5-20(6-8-22)14-17(23)21-9-11-25-12-10-21;;/h1-4H,5-14,19H2;2*1H. The molecule has 0 bridgehead atoms. The number of ether oxygens (including phenoxy) is 1. The Hall–Kier alpha value is -1.38. The average molecular weight is 419 g/mol. The van der Waals surface area contributed by atoms with Crippen molar-refractivity contribution >= 4 is 36.6 Å². The zero-order valence-electron chi connectivity index (χ0n) is 15.3. The number of carbonyl (C=O) groups excluding carboxylic acids is 2. The predicted octanol–water partition coefficient (Wildman–Crippen LogP) is 0.606. The largest absolute Gasteiger partial charge is 0.378 e. The zero-order valence-corrected chi connectivity index (χ0v) is 17.0. The molecule has 7 nitrogen and oxygen atoms in total. The van der Waals surface area contributed by atoms with Gasteiger partial charge in [-0.25, -0.2) is 0 Å². The van der Waals surface area contributed by atoms with E-state index in [2.05, 4.69) is 4.90 Å². The topological polar surface area (TPSA) is 79.1 Å². The molecule has 2 aliphatic rings. The SMILES string of the molecule is Cl.Cl.NCc1ccc(C(=O)N2CCN(CC(=O)N3CCOCC3)CC2)cc1. The average Bonchev–Trinajstić information content (AvgIpc) is 2.69. The van der Waals surface area contributed by atoms with Crippen molar-refractivity contribution in [2.75, 3.05) is 59.0 Å². The van der Waals surface area contributed by atoms with Crippen molar-refractivity contribution in [2.24, 2.45) is 5.73 Å². The summed E-state index contributed by atoms with van der Waals surface area (Å²) in [5, 5.41) is 0. The minimum absolute atomic E-state index is 0. The van der Waals surface area contributed by atoms with Crippen LogP contribution in [0.1, 0.15) is 15.9 Å². The summed E-state index contributed by atoms with van der Waals surface area (Å²) in [4.78, 5) is 30.7. The molecule has 152 valence electrons. The number of hydrogen-bond donors (Lipinski definition) is 1. The van der Waals surface area contributed by atoms with Gasteiger partial charge in [-0.15, -0.1) is 24.8 Å². The Morgan fingerprint density at radius 3 is 2.04 bits per heavy atom. The van der Waals surface area contributed by atoms with E-state index in [1.165, 1.54) is 0 Å². The van der Waals surface area contributed by atoms with E-state index in [1.807, 2.05) is 34.1 Å². The van der Waals surface area contributed by atoms with Crippen molar-refractivity contribution in [1.29, 1.82) is 0 Å². The molecule has 2 amide bonds. The molecule has 0 unspecified atom stereocenters. The van der Waals surface area contributed by atoms with Crippen molar-refractivity contribution in [1.82, 2.24) is 14.7 Å². The van der Waals surface area contributed by atoms with Crippen LogP contribution in [0.15, 0.2) is 24.3 Å². The summed E-state index contributed by atoms with van der Waals surface area (Å²) in [7, 11) is 0. The van der Waals surface area contributed by atoms with Crippen LogP contribution < -0.4 is 5.73 Å². The van der Waals surface area contributed by atoms with E-state index in [1.54, 1.807) is 0 Å². The highest BCUT2D eigenvalue weighted by Gasteiger charge is 2.25. The number of nitrogens with two attached hydrogens (primary N) is 1. The van der Waals surface area contributed by atoms with Crippen LogP contribution >= 0.6 is 24.8 Å². The molecule has 0 atom stereocenters. The van der Waals surface area contributed by atoms with Gasteiger partial charge in [-0.05, 0) is 17.7 Å². The molecule has 0 radical (unpaired) electrons. The van der Waals surface area contributed by atoms with Gasteiger partial charge >= 0.3 is 0 Å². The molecule has 0 aliphatic carbocycles. The van der Waals surface area contributed by atoms with Crippen LogP contribution in [0.25, 0.3) is 0 Å². The number of benzene rings is 1. The van der Waals surface area contributed by atoms with Gasteiger partial charge < -0.3 is 20.3 Å². The van der Waals surface area contributed by atoms with Crippen LogP contribution in [-0.4, -0.2) is 85.5 Å². The fourth-order valence-electron chi connectivity index (χ4n) is 3.18. The lowest BCUT2D eigenvalue weighted by atomic mass is 10.1. The third-order valence-electron chi connectivity index (χ3n) is 4.82. The highest BCUT2D eigenvalue weighted by molar-refractivity contribution is 5.94. The molecule has 2 N–H and O–H groups in total. The zero-order chi connectivity index (χ0) is 17.6. The van der Waals surface area contributed by atoms with Gasteiger partial charge in [-0.1, -0.05) is 12.1 Å². The molecule has 2 saturated heterocycles. The van der Waals surface area contributed by atoms with Gasteiger partial charge in [0.05, 0.1) is 19.8 Å². The van der Waals surface area contributed by atoms with E-state index in [4.69, 9.17) is 10.5 Å². The van der Waals surface area contributed by atoms with E-state index in [0.29, 0.717) is 58.0 Å². The Morgan fingerprint density at radius 1 is 0.889 bits per heavy atom. The summed E-state index contributed by atoms with van der Waals surface area (Å²) in [6.07, 6.45) is 0. The third-order valence-corrected chi connectivity index (χ3v) is 4.82. The highest BCUT2D eigenvalue weighted by atomic mass is 35.5. The molecule has 2 aliphatic heterocycles. The summed E-state index contributed by atoms with van der Waals surface area (Å²) in [5.74, 6) is 0.197. The van der Waals surface area contributed by atoms with Gasteiger partial charge in [0.15, 0.2) is 0 Å². The quantitative estimate of drug-likeness (QED) is 0.774. The minimum Gasteiger partial charge on any atom is -0.378 e. The van der Waals surface area contributed by atoms with Gasteiger partial charge in [-0.3, -0.25) is 14.5 Å². The summed E-state index contributed by atoms with van der Waals surface area (Å²) < 4.78 is 5.28. The maximum absolute atomic E-state index is 12.6. The van der Waals surface area contributed by atoms with Crippen LogP contribution in [0.5, 0.6) is 0 Å². The van der Waals surface area contributed by atoms with E-state index >= 15 is 0 Å². The Labute approximate surface area is 172 Å². The fraction of sp³-hybridized carbons (Fsp3) is 0.556. The Kier molecular flexibility index (Phi) is 10.0. The lowest BCUT2D eigenvalue weighted by Crippen LogP contribution is -2.52. The Balaban J connectivity index is 0.00000182. The van der Waals surface area contributed by atoms with Crippen molar-refractivity contribution < 1.29 is 14.3 Å². The maximum atomic E-state index is 12.6. The van der Waals surface area contributed by atoms with Crippen molar-refractivity contribution in [3.05, 3.63) is 35.4 Å². The van der Waals surface area contributed by atoms with Gasteiger partial charge in [0.2, 0.25) is 5.91 Å². The van der Waals surface area contributed by atoms with Crippen molar-refractivity contribution in [3.8, 4) is 0 Å². The summed E-state index contributed by atoms with van der Waals surface area (Å²) >= 11 is 0. The van der Waals surface area contributed by atoms with E-state index < -0.39 is 0 Å². The molecule has 27 heavy (non-hydrogen) atoms. The van der Waals surface area contributed by atoms with Gasteiger partial charge in [0, 0.05) is 51.4 Å². The second-order valence-corrected chi connectivity index (χ2v) is 6.46. The first-order valence-corrected chi connectivity index (χ1v) is 8.83. The molecule has 2 heterocycles. The second-order valence-electron chi connectivity index (χ2n) is 6.46. The van der Waals surface area contributed by atoms with E-state index in [0.717, 1.165) is 18.7 Å². The summed E-state index contributed by atoms with van der Waals surface area (Å²) in [6, 6.07) is 7.45. The van der Waals surface area contributed by atoms with Gasteiger partial charge in [-0.2, -0.15) is 0 Å². The van der Waals surface area contributed by atoms with Crippen LogP contribution in [-0.2, 0) is 16.1 Å². The monoisotopic (exact) mass is 418 g/mol. The number of rotatable bonds is 4. The van der Waals surface area contributed by atoms with Crippen LogP contribution in [0.3, 0.4) is 0 Å². The molecule has 9 heteroatoms. The van der Waals surface area contributed by atoms with Crippen LogP contribution in [0.4, 0.5) is 0 Å². The van der Waals surface area contributed by atoms with Gasteiger partial charge in [0.25, 0.3) is 5.91 Å². The lowest BCUT2D eigenvalue weighted by molar-refractivity contribution is -0.136. The normalized spacial score (nSPS) is 17.7. The first kappa shape index (κ1) is 23.7. The number of amides is 2. The molecular weight excluding hydrogens is 391 g/mol. The Bertz CT molecular complexity index is 601. The minimum atomic E-state index is 0. The third kappa shape index (κ3) is 6.33. The van der Waals surface area contributed by atoms with Crippen molar-refractivity contribution in [2.45, 2.75) is 6.54 Å². The molecule has 1 aromatic carbocycles. The molecule has 2 fully saturated rings. The predicted molar refractivity (Wildman–Crippen MR) is 109 cm³/mol. The number of nitrogens with zero attached hydrogens (tertiary/aromatic N) is 3. The molecule has 1 aromatic rings. The first-order valence-electron chi connectivity index (χ1n) is 8.83. The molecule has 0 saturated carbocycles. The second kappa shape index (κ2) is 11.5. The maximum Gasteiger partial charge on any atom is 0.253 e. The smallest absolute Gasteiger partial charge is 0.253 e. The molecule has 3 rings (SSSR count). The molecule has 0 spiro atoms. The van der Waals surface area contributed by atoms with E-state index in [9.17, 15) is 9.59 Å². The van der Waals surface area contributed by atoms with Gasteiger partial charge in [0.1, 0.15) is 0 Å². The Morgan fingerprint density at radius 2 is 1.48 bits per heavy atom. The highest BCUT2D eigenvalue weighted by Crippen LogP contribution is 2.11. The van der Waals surface area contributed by atoms with Crippen LogP contribution in [0.2, 0.25) is 0 Å². The number of morpholine rings is 1. The number of halogens is 2. The summed E-state index contributed by atoms with van der Waals surface area (Å²) in [6.45, 7) is 6.24. The lowest BCUT2D eigenvalue weighted by Gasteiger charge is -2.36. The van der Waals surface area contributed by atoms with Crippen molar-refractivity contribution in [3.63, 3.8) is 0 Å². The number of piperazine rings is 1. The molecule has 0 aromatic heterocycles. The number of hydrogen-bond acceptors (Lipinski definition) is 5. The first-order chi connectivity index (χ1) is 12.2.